The molecule has 156 valence electrons. The summed E-state index contributed by atoms with van der Waals surface area (Å²) < 4.78 is 11.0. The number of aromatic nitrogens is 1. The first-order chi connectivity index (χ1) is 15.2. The van der Waals surface area contributed by atoms with Crippen LogP contribution in [0.5, 0.6) is 11.5 Å². The van der Waals surface area contributed by atoms with E-state index in [1.165, 1.54) is 23.2 Å². The molecular formula is C25H22N2O2S2. The normalized spacial score (nSPS) is 15.4. The van der Waals surface area contributed by atoms with Crippen molar-refractivity contribution in [3.63, 3.8) is 0 Å². The fourth-order valence-electron chi connectivity index (χ4n) is 4.44. The molecule has 1 aliphatic carbocycles. The molecule has 0 saturated heterocycles. The first-order valence-corrected chi connectivity index (χ1v) is 12.4. The summed E-state index contributed by atoms with van der Waals surface area (Å²) in [4.78, 5) is 8.10. The highest BCUT2D eigenvalue weighted by molar-refractivity contribution is 8.07. The number of thioether (sulfide) groups is 1. The molecule has 4 nitrogen and oxygen atoms in total. The van der Waals surface area contributed by atoms with Gasteiger partial charge in [0, 0.05) is 21.5 Å². The summed E-state index contributed by atoms with van der Waals surface area (Å²) >= 11 is 3.30. The van der Waals surface area contributed by atoms with E-state index in [-0.39, 0.29) is 6.79 Å². The van der Waals surface area contributed by atoms with Crippen molar-refractivity contribution in [3.8, 4) is 28.0 Å². The third-order valence-electron chi connectivity index (χ3n) is 5.85. The van der Waals surface area contributed by atoms with Crippen molar-refractivity contribution >= 4 is 38.2 Å². The average Bonchev–Trinajstić information content (AvgIpc) is 3.33. The van der Waals surface area contributed by atoms with Crippen molar-refractivity contribution in [2.24, 2.45) is 0 Å². The fourth-order valence-corrected chi connectivity index (χ4v) is 6.25. The summed E-state index contributed by atoms with van der Waals surface area (Å²) in [5.74, 6) is 1.46. The van der Waals surface area contributed by atoms with E-state index in [0.29, 0.717) is 5.56 Å². The number of hydrogen-bond donors (Lipinski definition) is 0. The van der Waals surface area contributed by atoms with Gasteiger partial charge < -0.3 is 9.47 Å². The van der Waals surface area contributed by atoms with Crippen LogP contribution in [0.2, 0.25) is 0 Å². The van der Waals surface area contributed by atoms with Gasteiger partial charge in [0.2, 0.25) is 6.79 Å². The second kappa shape index (κ2) is 8.41. The molecule has 5 rings (SSSR count). The minimum absolute atomic E-state index is 0.234. The SMILES string of the molecule is C=C/C=C(\SC)c1c2c(nc3sc(-c4ccc5c(c4)OCO5)c(C#N)c13)CCCCC2. The molecule has 3 aromatic rings. The summed E-state index contributed by atoms with van der Waals surface area (Å²) in [7, 11) is 0. The lowest BCUT2D eigenvalue weighted by Crippen LogP contribution is -2.02. The van der Waals surface area contributed by atoms with Crippen molar-refractivity contribution in [3.05, 3.63) is 59.3 Å². The maximum Gasteiger partial charge on any atom is 0.231 e. The van der Waals surface area contributed by atoms with Gasteiger partial charge in [0.05, 0.1) is 10.4 Å². The van der Waals surface area contributed by atoms with Gasteiger partial charge in [-0.25, -0.2) is 4.98 Å². The average molecular weight is 447 g/mol. The van der Waals surface area contributed by atoms with Crippen molar-refractivity contribution < 1.29 is 9.47 Å². The van der Waals surface area contributed by atoms with Gasteiger partial charge >= 0.3 is 0 Å². The molecule has 0 fully saturated rings. The van der Waals surface area contributed by atoms with E-state index in [1.54, 1.807) is 23.1 Å². The quantitative estimate of drug-likeness (QED) is 0.329. The molecule has 31 heavy (non-hydrogen) atoms. The highest BCUT2D eigenvalue weighted by atomic mass is 32.2. The lowest BCUT2D eigenvalue weighted by Gasteiger charge is -2.15. The summed E-state index contributed by atoms with van der Waals surface area (Å²) in [5, 5.41) is 11.2. The molecular weight excluding hydrogens is 424 g/mol. The van der Waals surface area contributed by atoms with Crippen LogP contribution in [0.25, 0.3) is 25.6 Å². The molecule has 0 atom stereocenters. The zero-order valence-electron chi connectivity index (χ0n) is 17.4. The van der Waals surface area contributed by atoms with Gasteiger partial charge in [0.1, 0.15) is 10.9 Å². The maximum atomic E-state index is 10.3. The molecule has 1 aliphatic heterocycles. The summed E-state index contributed by atoms with van der Waals surface area (Å²) in [6.45, 7) is 4.15. The van der Waals surface area contributed by atoms with E-state index in [0.717, 1.165) is 62.7 Å². The van der Waals surface area contributed by atoms with E-state index in [4.69, 9.17) is 14.5 Å². The highest BCUT2D eigenvalue weighted by Crippen LogP contribution is 2.46. The number of fused-ring (bicyclic) bond motifs is 3. The lowest BCUT2D eigenvalue weighted by atomic mass is 9.95. The Morgan fingerprint density at radius 1 is 1.23 bits per heavy atom. The van der Waals surface area contributed by atoms with Crippen LogP contribution in [-0.4, -0.2) is 18.0 Å². The van der Waals surface area contributed by atoms with Crippen molar-refractivity contribution in [1.29, 1.82) is 5.26 Å². The van der Waals surface area contributed by atoms with Gasteiger partial charge in [-0.15, -0.1) is 23.1 Å². The fraction of sp³-hybridized carbons (Fsp3) is 0.280. The van der Waals surface area contributed by atoms with E-state index >= 15 is 0 Å². The number of allylic oxidation sites excluding steroid dienone is 2. The van der Waals surface area contributed by atoms with Crippen molar-refractivity contribution in [2.45, 2.75) is 32.1 Å². The number of thiophene rings is 1. The Morgan fingerprint density at radius 2 is 2.06 bits per heavy atom. The van der Waals surface area contributed by atoms with Crippen LogP contribution in [0.15, 0.2) is 36.9 Å². The van der Waals surface area contributed by atoms with Crippen molar-refractivity contribution in [2.75, 3.05) is 13.0 Å². The molecule has 0 unspecified atom stereocenters. The molecule has 0 amide bonds. The maximum absolute atomic E-state index is 10.3. The summed E-state index contributed by atoms with van der Waals surface area (Å²) in [6.07, 6.45) is 11.5. The topological polar surface area (TPSA) is 55.1 Å². The van der Waals surface area contributed by atoms with Crippen LogP contribution in [0, 0.1) is 11.3 Å². The predicted octanol–water partition coefficient (Wildman–Crippen LogP) is 6.72. The van der Waals surface area contributed by atoms with Crippen LogP contribution in [0.4, 0.5) is 0 Å². The number of benzene rings is 1. The third kappa shape index (κ3) is 3.42. The number of nitriles is 1. The van der Waals surface area contributed by atoms with Crippen LogP contribution >= 0.6 is 23.1 Å². The second-order valence-electron chi connectivity index (χ2n) is 7.61. The van der Waals surface area contributed by atoms with Crippen LogP contribution < -0.4 is 9.47 Å². The summed E-state index contributed by atoms with van der Waals surface area (Å²) in [5.41, 5.74) is 5.32. The molecule has 3 heterocycles. The monoisotopic (exact) mass is 446 g/mol. The number of pyridine rings is 1. The molecule has 0 saturated carbocycles. The number of ether oxygens (including phenoxy) is 2. The predicted molar refractivity (Wildman–Crippen MR) is 129 cm³/mol. The Balaban J connectivity index is 1.82. The van der Waals surface area contributed by atoms with Crippen LogP contribution in [-0.2, 0) is 12.8 Å². The molecule has 1 aromatic carbocycles. The molecule has 0 bridgehead atoms. The van der Waals surface area contributed by atoms with Gasteiger partial charge in [0.25, 0.3) is 0 Å². The minimum Gasteiger partial charge on any atom is -0.454 e. The first kappa shape index (κ1) is 20.2. The summed E-state index contributed by atoms with van der Waals surface area (Å²) in [6, 6.07) is 8.38. The zero-order valence-corrected chi connectivity index (χ0v) is 19.0. The van der Waals surface area contributed by atoms with Gasteiger partial charge in [-0.3, -0.25) is 0 Å². The van der Waals surface area contributed by atoms with Gasteiger partial charge in [-0.1, -0.05) is 19.1 Å². The smallest absolute Gasteiger partial charge is 0.231 e. The molecule has 6 heteroatoms. The van der Waals surface area contributed by atoms with Crippen LogP contribution in [0.3, 0.4) is 0 Å². The number of aryl methyl sites for hydroxylation is 1. The third-order valence-corrected chi connectivity index (χ3v) is 7.76. The molecule has 2 aromatic heterocycles. The Hall–Kier alpha value is -2.75. The molecule has 0 spiro atoms. The van der Waals surface area contributed by atoms with Crippen molar-refractivity contribution in [1.82, 2.24) is 4.98 Å². The highest BCUT2D eigenvalue weighted by Gasteiger charge is 2.26. The van der Waals surface area contributed by atoms with E-state index in [9.17, 15) is 5.26 Å². The van der Waals surface area contributed by atoms with Gasteiger partial charge in [-0.05, 0) is 67.3 Å². The molecule has 2 aliphatic rings. The standard InChI is InChI=1S/C25H22N2O2S2/c1-3-7-21(30-2)22-16-8-5-4-6-9-18(16)27-25-23(22)17(13-26)24(31-25)15-10-11-19-20(12-15)29-14-28-19/h3,7,10-12H,1,4-6,8-9,14H2,2H3/b21-7-. The zero-order chi connectivity index (χ0) is 21.4. The number of rotatable bonds is 4. The van der Waals surface area contributed by atoms with Crippen LogP contribution in [0.1, 0.15) is 41.6 Å². The minimum atomic E-state index is 0.234. The number of hydrogen-bond acceptors (Lipinski definition) is 6. The largest absolute Gasteiger partial charge is 0.454 e. The molecule has 0 N–H and O–H groups in total. The number of nitrogens with zero attached hydrogens (tertiary/aromatic N) is 2. The van der Waals surface area contributed by atoms with E-state index < -0.39 is 0 Å². The Morgan fingerprint density at radius 3 is 2.87 bits per heavy atom. The lowest BCUT2D eigenvalue weighted by molar-refractivity contribution is 0.174. The van der Waals surface area contributed by atoms with E-state index in [2.05, 4.69) is 25.0 Å². The Kier molecular flexibility index (Phi) is 5.47. The molecule has 0 radical (unpaired) electrons. The second-order valence-corrected chi connectivity index (χ2v) is 9.46. The first-order valence-electron chi connectivity index (χ1n) is 10.4. The Labute approximate surface area is 190 Å². The van der Waals surface area contributed by atoms with E-state index in [1.807, 2.05) is 24.3 Å². The van der Waals surface area contributed by atoms with Gasteiger partial charge in [0.15, 0.2) is 11.5 Å². The van der Waals surface area contributed by atoms with Gasteiger partial charge in [-0.2, -0.15) is 5.26 Å². The Bertz CT molecular complexity index is 1270.